The van der Waals surface area contributed by atoms with Crippen LogP contribution in [0.4, 0.5) is 11.4 Å². The molecule has 0 spiro atoms. The summed E-state index contributed by atoms with van der Waals surface area (Å²) in [6.07, 6.45) is 0.767. The molecule has 0 aliphatic carbocycles. The second-order valence-corrected chi connectivity index (χ2v) is 6.09. The van der Waals surface area contributed by atoms with E-state index in [1.165, 1.54) is 12.1 Å². The lowest BCUT2D eigenvalue weighted by Crippen LogP contribution is -2.21. The van der Waals surface area contributed by atoms with Crippen molar-refractivity contribution >= 4 is 51.3 Å². The number of hydrogen-bond donors (Lipinski definition) is 2. The molecule has 100 valence electrons. The molecule has 0 fully saturated rings. The van der Waals surface area contributed by atoms with Gasteiger partial charge in [-0.25, -0.2) is 0 Å². The van der Waals surface area contributed by atoms with Crippen molar-refractivity contribution in [1.82, 2.24) is 0 Å². The van der Waals surface area contributed by atoms with E-state index in [2.05, 4.69) is 5.32 Å². The first kappa shape index (κ1) is 15.3. The molecule has 0 saturated carbocycles. The molecule has 0 aromatic heterocycles. The molecule has 0 saturated heterocycles. The fourth-order valence-corrected chi connectivity index (χ4v) is 2.90. The fraction of sp³-hybridized carbons (Fsp3) is 0.364. The minimum atomic E-state index is -1.16. The van der Waals surface area contributed by atoms with Gasteiger partial charge < -0.3 is 11.1 Å². The summed E-state index contributed by atoms with van der Waals surface area (Å²) in [5.74, 6) is 0.0527. The molecule has 1 rings (SSSR count). The molecular weight excluding hydrogens is 295 g/mol. The standard InChI is InChI=1S/C11H14Cl2N2O2S/c1-2-3-18(17)6-10(16)15-11-8(12)4-7(14)5-9(11)13/h4-5H,2-3,6,14H2,1H3,(H,15,16). The lowest BCUT2D eigenvalue weighted by molar-refractivity contribution is -0.113. The van der Waals surface area contributed by atoms with Crippen LogP contribution in [0.5, 0.6) is 0 Å². The van der Waals surface area contributed by atoms with Crippen molar-refractivity contribution in [3.05, 3.63) is 22.2 Å². The molecule has 1 aromatic rings. The van der Waals surface area contributed by atoms with Crippen molar-refractivity contribution in [2.24, 2.45) is 0 Å². The summed E-state index contributed by atoms with van der Waals surface area (Å²) in [5.41, 5.74) is 6.26. The van der Waals surface area contributed by atoms with Crippen LogP contribution in [0.2, 0.25) is 10.0 Å². The third-order valence-electron chi connectivity index (χ3n) is 2.05. The molecule has 1 aromatic carbocycles. The van der Waals surface area contributed by atoms with E-state index in [1.54, 1.807) is 0 Å². The number of nitrogens with one attached hydrogen (secondary N) is 1. The first-order valence-electron chi connectivity index (χ1n) is 5.33. The average Bonchev–Trinajstić information content (AvgIpc) is 2.23. The number of nitrogens with two attached hydrogens (primary N) is 1. The van der Waals surface area contributed by atoms with Crippen molar-refractivity contribution < 1.29 is 9.00 Å². The highest BCUT2D eigenvalue weighted by molar-refractivity contribution is 7.85. The number of amides is 1. The Morgan fingerprint density at radius 1 is 1.39 bits per heavy atom. The smallest absolute Gasteiger partial charge is 0.237 e. The van der Waals surface area contributed by atoms with Crippen molar-refractivity contribution in [1.29, 1.82) is 0 Å². The van der Waals surface area contributed by atoms with Gasteiger partial charge in [-0.1, -0.05) is 30.1 Å². The van der Waals surface area contributed by atoms with E-state index in [-0.39, 0.29) is 21.7 Å². The molecule has 0 bridgehead atoms. The van der Waals surface area contributed by atoms with Crippen LogP contribution in [-0.2, 0) is 15.6 Å². The molecule has 0 aliphatic rings. The summed E-state index contributed by atoms with van der Waals surface area (Å²) in [4.78, 5) is 11.6. The zero-order valence-electron chi connectivity index (χ0n) is 9.83. The van der Waals surface area contributed by atoms with Gasteiger partial charge >= 0.3 is 0 Å². The molecule has 7 heteroatoms. The number of rotatable bonds is 5. The zero-order valence-corrected chi connectivity index (χ0v) is 12.2. The minimum absolute atomic E-state index is 0.0646. The number of anilines is 2. The largest absolute Gasteiger partial charge is 0.399 e. The Hall–Kier alpha value is -0.780. The van der Waals surface area contributed by atoms with Gasteiger partial charge in [-0.05, 0) is 18.6 Å². The van der Waals surface area contributed by atoms with Crippen LogP contribution in [0.3, 0.4) is 0 Å². The summed E-state index contributed by atoms with van der Waals surface area (Å²) in [5, 5.41) is 3.06. The van der Waals surface area contributed by atoms with Crippen molar-refractivity contribution in [3.63, 3.8) is 0 Å². The minimum Gasteiger partial charge on any atom is -0.399 e. The molecule has 1 atom stereocenters. The van der Waals surface area contributed by atoms with E-state index in [9.17, 15) is 9.00 Å². The highest BCUT2D eigenvalue weighted by Crippen LogP contribution is 2.32. The average molecular weight is 309 g/mol. The number of benzene rings is 1. The van der Waals surface area contributed by atoms with E-state index < -0.39 is 10.8 Å². The summed E-state index contributed by atoms with van der Waals surface area (Å²) in [7, 11) is -1.16. The summed E-state index contributed by atoms with van der Waals surface area (Å²) in [6, 6.07) is 2.98. The van der Waals surface area contributed by atoms with Crippen LogP contribution in [0.1, 0.15) is 13.3 Å². The highest BCUT2D eigenvalue weighted by Gasteiger charge is 2.13. The number of carbonyl (C=O) groups is 1. The third kappa shape index (κ3) is 4.48. The Balaban J connectivity index is 2.73. The number of halogens is 2. The van der Waals surface area contributed by atoms with Crippen molar-refractivity contribution in [2.75, 3.05) is 22.6 Å². The Kier molecular flexibility index (Phi) is 5.91. The van der Waals surface area contributed by atoms with E-state index in [0.717, 1.165) is 6.42 Å². The normalized spacial score (nSPS) is 12.2. The maximum Gasteiger partial charge on any atom is 0.237 e. The Bertz CT molecular complexity index is 457. The second-order valence-electron chi connectivity index (χ2n) is 3.70. The highest BCUT2D eigenvalue weighted by atomic mass is 35.5. The van der Waals surface area contributed by atoms with E-state index in [4.69, 9.17) is 28.9 Å². The molecule has 1 amide bonds. The third-order valence-corrected chi connectivity index (χ3v) is 4.10. The zero-order chi connectivity index (χ0) is 13.7. The number of nitrogen functional groups attached to an aromatic ring is 1. The SMILES string of the molecule is CCCS(=O)CC(=O)Nc1c(Cl)cc(N)cc1Cl. The first-order chi connectivity index (χ1) is 8.43. The fourth-order valence-electron chi connectivity index (χ4n) is 1.33. The van der Waals surface area contributed by atoms with Crippen LogP contribution in [0.25, 0.3) is 0 Å². The van der Waals surface area contributed by atoms with Gasteiger partial charge in [-0.2, -0.15) is 0 Å². The van der Waals surface area contributed by atoms with Gasteiger partial charge in [0.15, 0.2) is 0 Å². The van der Waals surface area contributed by atoms with E-state index in [1.807, 2.05) is 6.92 Å². The van der Waals surface area contributed by atoms with E-state index in [0.29, 0.717) is 17.1 Å². The number of hydrogen-bond acceptors (Lipinski definition) is 3. The Morgan fingerprint density at radius 3 is 2.44 bits per heavy atom. The maximum absolute atomic E-state index is 11.6. The van der Waals surface area contributed by atoms with Gasteiger partial charge in [-0.15, -0.1) is 0 Å². The Morgan fingerprint density at radius 2 is 1.94 bits per heavy atom. The predicted octanol–water partition coefficient (Wildman–Crippen LogP) is 2.67. The quantitative estimate of drug-likeness (QED) is 0.821. The molecule has 0 aliphatic heterocycles. The molecular formula is C11H14Cl2N2O2S. The van der Waals surface area contributed by atoms with Crippen molar-refractivity contribution in [2.45, 2.75) is 13.3 Å². The van der Waals surface area contributed by atoms with Crippen LogP contribution in [0.15, 0.2) is 12.1 Å². The van der Waals surface area contributed by atoms with Gasteiger partial charge in [0.25, 0.3) is 0 Å². The predicted molar refractivity (Wildman–Crippen MR) is 77.7 cm³/mol. The number of carbonyl (C=O) groups excluding carboxylic acids is 1. The van der Waals surface area contributed by atoms with E-state index >= 15 is 0 Å². The summed E-state index contributed by atoms with van der Waals surface area (Å²) in [6.45, 7) is 1.91. The lowest BCUT2D eigenvalue weighted by Gasteiger charge is -2.10. The van der Waals surface area contributed by atoms with Gasteiger partial charge in [-0.3, -0.25) is 9.00 Å². The molecule has 4 nitrogen and oxygen atoms in total. The lowest BCUT2D eigenvalue weighted by atomic mass is 10.3. The van der Waals surface area contributed by atoms with Gasteiger partial charge in [0.1, 0.15) is 5.75 Å². The van der Waals surface area contributed by atoms with Gasteiger partial charge in [0, 0.05) is 22.2 Å². The topological polar surface area (TPSA) is 72.2 Å². The maximum atomic E-state index is 11.6. The van der Waals surface area contributed by atoms with Crippen LogP contribution in [-0.4, -0.2) is 21.6 Å². The molecule has 1 unspecified atom stereocenters. The molecule has 18 heavy (non-hydrogen) atoms. The summed E-state index contributed by atoms with van der Waals surface area (Å²) < 4.78 is 11.4. The van der Waals surface area contributed by atoms with Gasteiger partial charge in [0.2, 0.25) is 5.91 Å². The summed E-state index contributed by atoms with van der Waals surface area (Å²) >= 11 is 11.8. The van der Waals surface area contributed by atoms with Crippen LogP contribution in [0, 0.1) is 0 Å². The van der Waals surface area contributed by atoms with Crippen molar-refractivity contribution in [3.8, 4) is 0 Å². The monoisotopic (exact) mass is 308 g/mol. The van der Waals surface area contributed by atoms with Crippen LogP contribution >= 0.6 is 23.2 Å². The molecule has 3 N–H and O–H groups in total. The van der Waals surface area contributed by atoms with Crippen LogP contribution < -0.4 is 11.1 Å². The molecule has 0 heterocycles. The van der Waals surface area contributed by atoms with Gasteiger partial charge in [0.05, 0.1) is 15.7 Å². The molecule has 0 radical (unpaired) electrons. The first-order valence-corrected chi connectivity index (χ1v) is 7.57. The second kappa shape index (κ2) is 6.97. The Labute approximate surface area is 118 Å².